The molecule has 6 heteroatoms. The third-order valence-corrected chi connectivity index (χ3v) is 4.33. The first-order chi connectivity index (χ1) is 6.96. The van der Waals surface area contributed by atoms with Crippen LogP contribution in [0, 0.1) is 5.82 Å². The fraction of sp³-hybridized carbons (Fsp3) is 0.333. The van der Waals surface area contributed by atoms with E-state index in [4.69, 9.17) is 5.73 Å². The van der Waals surface area contributed by atoms with Crippen LogP contribution in [0.5, 0.6) is 0 Å². The molecule has 0 saturated carbocycles. The van der Waals surface area contributed by atoms with Crippen LogP contribution in [-0.2, 0) is 15.6 Å². The zero-order valence-corrected chi connectivity index (χ0v) is 10.3. The Kier molecular flexibility index (Phi) is 4.24. The summed E-state index contributed by atoms with van der Waals surface area (Å²) in [4.78, 5) is 0. The van der Waals surface area contributed by atoms with Gasteiger partial charge < -0.3 is 5.73 Å². The van der Waals surface area contributed by atoms with Gasteiger partial charge in [0.25, 0.3) is 0 Å². The predicted octanol–water partition coefficient (Wildman–Crippen LogP) is 1.46. The van der Waals surface area contributed by atoms with Crippen LogP contribution in [0.15, 0.2) is 22.7 Å². The first kappa shape index (κ1) is 12.6. The molecule has 0 radical (unpaired) electrons. The van der Waals surface area contributed by atoms with Gasteiger partial charge in [-0.25, -0.2) is 12.8 Å². The van der Waals surface area contributed by atoms with Crippen molar-refractivity contribution in [1.29, 1.82) is 0 Å². The quantitative estimate of drug-likeness (QED) is 0.915. The van der Waals surface area contributed by atoms with Crippen LogP contribution in [-0.4, -0.2) is 20.7 Å². The molecule has 0 amide bonds. The average molecular weight is 296 g/mol. The Morgan fingerprint density at radius 2 is 2.07 bits per heavy atom. The molecule has 15 heavy (non-hydrogen) atoms. The van der Waals surface area contributed by atoms with E-state index in [2.05, 4.69) is 15.9 Å². The molecule has 0 saturated heterocycles. The standard InChI is InChI=1S/C9H11BrFNO2S/c10-9-7(2-1-3-8(9)11)6-15(13,14)5-4-12/h1-3H,4-6,12H2. The van der Waals surface area contributed by atoms with Crippen molar-refractivity contribution in [2.45, 2.75) is 5.75 Å². The minimum atomic E-state index is -3.25. The molecule has 84 valence electrons. The lowest BCUT2D eigenvalue weighted by Crippen LogP contribution is -2.17. The van der Waals surface area contributed by atoms with Crippen molar-refractivity contribution in [2.24, 2.45) is 5.73 Å². The van der Waals surface area contributed by atoms with Crippen molar-refractivity contribution in [2.75, 3.05) is 12.3 Å². The van der Waals surface area contributed by atoms with Gasteiger partial charge in [-0.2, -0.15) is 0 Å². The van der Waals surface area contributed by atoms with E-state index in [1.54, 1.807) is 6.07 Å². The highest BCUT2D eigenvalue weighted by Crippen LogP contribution is 2.22. The maximum absolute atomic E-state index is 13.1. The number of hydrogen-bond acceptors (Lipinski definition) is 3. The molecule has 3 nitrogen and oxygen atoms in total. The van der Waals surface area contributed by atoms with E-state index in [0.717, 1.165) is 0 Å². The van der Waals surface area contributed by atoms with Gasteiger partial charge in [0, 0.05) is 6.54 Å². The lowest BCUT2D eigenvalue weighted by atomic mass is 10.2. The molecule has 0 fully saturated rings. The highest BCUT2D eigenvalue weighted by Gasteiger charge is 2.14. The summed E-state index contributed by atoms with van der Waals surface area (Å²) in [6.45, 7) is 0.0786. The molecule has 0 bridgehead atoms. The Morgan fingerprint density at radius 1 is 1.40 bits per heavy atom. The third-order valence-electron chi connectivity index (χ3n) is 1.84. The van der Waals surface area contributed by atoms with E-state index in [1.807, 2.05) is 0 Å². The number of nitrogens with two attached hydrogens (primary N) is 1. The molecule has 0 aliphatic rings. The molecule has 0 heterocycles. The van der Waals surface area contributed by atoms with Crippen LogP contribution >= 0.6 is 15.9 Å². The monoisotopic (exact) mass is 295 g/mol. The van der Waals surface area contributed by atoms with Gasteiger partial charge in [-0.05, 0) is 27.6 Å². The Hall–Kier alpha value is -0.460. The third kappa shape index (κ3) is 3.55. The topological polar surface area (TPSA) is 60.2 Å². The number of benzene rings is 1. The molecule has 1 aromatic rings. The van der Waals surface area contributed by atoms with Gasteiger partial charge in [0.15, 0.2) is 9.84 Å². The molecule has 1 aromatic carbocycles. The van der Waals surface area contributed by atoms with Gasteiger partial charge in [0.1, 0.15) is 5.82 Å². The molecule has 0 spiro atoms. The van der Waals surface area contributed by atoms with Crippen LogP contribution < -0.4 is 5.73 Å². The van der Waals surface area contributed by atoms with Crippen LogP contribution in [0.2, 0.25) is 0 Å². The zero-order valence-electron chi connectivity index (χ0n) is 7.91. The number of hydrogen-bond donors (Lipinski definition) is 1. The summed E-state index contributed by atoms with van der Waals surface area (Å²) < 4.78 is 36.2. The average Bonchev–Trinajstić information content (AvgIpc) is 2.12. The van der Waals surface area contributed by atoms with Gasteiger partial charge in [-0.1, -0.05) is 12.1 Å². The van der Waals surface area contributed by atoms with E-state index in [-0.39, 0.29) is 22.5 Å². The highest BCUT2D eigenvalue weighted by atomic mass is 79.9. The highest BCUT2D eigenvalue weighted by molar-refractivity contribution is 9.10. The van der Waals surface area contributed by atoms with Crippen LogP contribution in [0.25, 0.3) is 0 Å². The second-order valence-corrected chi connectivity index (χ2v) is 6.07. The van der Waals surface area contributed by atoms with Gasteiger partial charge in [0.05, 0.1) is 16.0 Å². The first-order valence-corrected chi connectivity index (χ1v) is 6.91. The summed E-state index contributed by atoms with van der Waals surface area (Å²) in [5, 5.41) is 0. The SMILES string of the molecule is NCCS(=O)(=O)Cc1cccc(F)c1Br. The first-order valence-electron chi connectivity index (χ1n) is 4.29. The van der Waals surface area contributed by atoms with Crippen molar-refractivity contribution >= 4 is 25.8 Å². The Bertz CT molecular complexity index is 447. The summed E-state index contributed by atoms with van der Waals surface area (Å²) in [5.74, 6) is -0.742. The molecule has 0 unspecified atom stereocenters. The Labute approximate surface area is 96.5 Å². The van der Waals surface area contributed by atoms with Crippen molar-refractivity contribution in [1.82, 2.24) is 0 Å². The summed E-state index contributed by atoms with van der Waals surface area (Å²) in [6, 6.07) is 4.32. The van der Waals surface area contributed by atoms with Crippen LogP contribution in [0.3, 0.4) is 0 Å². The molecular weight excluding hydrogens is 285 g/mol. The molecule has 0 aromatic heterocycles. The van der Waals surface area contributed by atoms with E-state index < -0.39 is 15.7 Å². The summed E-state index contributed by atoms with van der Waals surface area (Å²) in [6.07, 6.45) is 0. The maximum atomic E-state index is 13.1. The fourth-order valence-electron chi connectivity index (χ4n) is 1.15. The van der Waals surface area contributed by atoms with Gasteiger partial charge in [0.2, 0.25) is 0 Å². The Balaban J connectivity index is 2.95. The number of rotatable bonds is 4. The second-order valence-electron chi connectivity index (χ2n) is 3.09. The van der Waals surface area contributed by atoms with Gasteiger partial charge >= 0.3 is 0 Å². The largest absolute Gasteiger partial charge is 0.329 e. The van der Waals surface area contributed by atoms with E-state index >= 15 is 0 Å². The summed E-state index contributed by atoms with van der Waals surface area (Å²) >= 11 is 3.01. The van der Waals surface area contributed by atoms with Gasteiger partial charge in [-0.15, -0.1) is 0 Å². The molecule has 1 rings (SSSR count). The zero-order chi connectivity index (χ0) is 11.5. The predicted molar refractivity (Wildman–Crippen MR) is 60.6 cm³/mol. The van der Waals surface area contributed by atoms with E-state index in [9.17, 15) is 12.8 Å². The minimum Gasteiger partial charge on any atom is -0.329 e. The minimum absolute atomic E-state index is 0.0786. The smallest absolute Gasteiger partial charge is 0.155 e. The molecular formula is C9H11BrFNO2S. The van der Waals surface area contributed by atoms with E-state index in [0.29, 0.717) is 5.56 Å². The van der Waals surface area contributed by atoms with Crippen molar-refractivity contribution < 1.29 is 12.8 Å². The lowest BCUT2D eigenvalue weighted by Gasteiger charge is -2.05. The molecule has 2 N–H and O–H groups in total. The van der Waals surface area contributed by atoms with Gasteiger partial charge in [-0.3, -0.25) is 0 Å². The second kappa shape index (κ2) is 5.05. The van der Waals surface area contributed by atoms with E-state index in [1.165, 1.54) is 12.1 Å². The van der Waals surface area contributed by atoms with Crippen LogP contribution in [0.4, 0.5) is 4.39 Å². The van der Waals surface area contributed by atoms with Crippen molar-refractivity contribution in [3.05, 3.63) is 34.1 Å². The summed E-state index contributed by atoms with van der Waals surface area (Å²) in [7, 11) is -3.25. The molecule has 0 atom stereocenters. The number of sulfone groups is 1. The van der Waals surface area contributed by atoms with Crippen LogP contribution in [0.1, 0.15) is 5.56 Å². The normalized spacial score (nSPS) is 11.7. The molecule has 0 aliphatic carbocycles. The van der Waals surface area contributed by atoms with Crippen molar-refractivity contribution in [3.63, 3.8) is 0 Å². The summed E-state index contributed by atoms with van der Waals surface area (Å²) in [5.41, 5.74) is 5.59. The maximum Gasteiger partial charge on any atom is 0.155 e. The lowest BCUT2D eigenvalue weighted by molar-refractivity contribution is 0.594. The van der Waals surface area contributed by atoms with Crippen molar-refractivity contribution in [3.8, 4) is 0 Å². The molecule has 0 aliphatic heterocycles. The Morgan fingerprint density at radius 3 is 2.67 bits per heavy atom. The fourth-order valence-corrected chi connectivity index (χ4v) is 2.96. The number of halogens is 2.